The summed E-state index contributed by atoms with van der Waals surface area (Å²) < 4.78 is 10.2. The van der Waals surface area contributed by atoms with Gasteiger partial charge in [0.2, 0.25) is 0 Å². The van der Waals surface area contributed by atoms with Gasteiger partial charge in [0, 0.05) is 22.9 Å². The van der Waals surface area contributed by atoms with Gasteiger partial charge in [-0.05, 0) is 36.8 Å². The van der Waals surface area contributed by atoms with Crippen LogP contribution in [0.25, 0.3) is 0 Å². The lowest BCUT2D eigenvalue weighted by molar-refractivity contribution is 0.0995. The van der Waals surface area contributed by atoms with Crippen LogP contribution in [0.2, 0.25) is 0 Å². The van der Waals surface area contributed by atoms with Crippen molar-refractivity contribution < 1.29 is 19.1 Å². The Bertz CT molecular complexity index is 829. The molecule has 0 bridgehead atoms. The SMILES string of the molecule is CCOC(=O)N1Cc2sc(N)c(C(=O)c3ccc(OC)cc3)c2C(C)C1. The zero-order valence-corrected chi connectivity index (χ0v) is 15.9. The van der Waals surface area contributed by atoms with Crippen LogP contribution in [0.1, 0.15) is 46.1 Å². The summed E-state index contributed by atoms with van der Waals surface area (Å²) in [5.41, 5.74) is 8.28. The first-order chi connectivity index (χ1) is 12.5. The van der Waals surface area contributed by atoms with E-state index in [0.29, 0.717) is 41.6 Å². The summed E-state index contributed by atoms with van der Waals surface area (Å²) in [5, 5.41) is 0.494. The lowest BCUT2D eigenvalue weighted by Crippen LogP contribution is -2.37. The summed E-state index contributed by atoms with van der Waals surface area (Å²) in [5.74, 6) is 0.605. The molecule has 1 aromatic heterocycles. The molecule has 0 saturated heterocycles. The molecule has 1 aliphatic heterocycles. The molecule has 7 heteroatoms. The highest BCUT2D eigenvalue weighted by molar-refractivity contribution is 7.16. The van der Waals surface area contributed by atoms with Gasteiger partial charge in [0.25, 0.3) is 0 Å². The second-order valence-corrected chi connectivity index (χ2v) is 7.35. The molecule has 0 radical (unpaired) electrons. The maximum Gasteiger partial charge on any atom is 0.410 e. The zero-order chi connectivity index (χ0) is 18.8. The summed E-state index contributed by atoms with van der Waals surface area (Å²) in [4.78, 5) is 27.7. The minimum absolute atomic E-state index is 0.00824. The molecule has 1 unspecified atom stereocenters. The summed E-state index contributed by atoms with van der Waals surface area (Å²) >= 11 is 1.37. The standard InChI is InChI=1S/C19H22N2O4S/c1-4-25-19(23)21-9-11(2)15-14(10-21)26-18(20)16(15)17(22)12-5-7-13(24-3)8-6-12/h5-8,11H,4,9-10,20H2,1-3H3. The second kappa shape index (κ2) is 7.37. The van der Waals surface area contributed by atoms with Crippen molar-refractivity contribution in [3.8, 4) is 5.75 Å². The minimum atomic E-state index is -0.333. The molecule has 0 spiro atoms. The molecule has 1 amide bonds. The van der Waals surface area contributed by atoms with Crippen molar-refractivity contribution in [2.75, 3.05) is 26.0 Å². The van der Waals surface area contributed by atoms with Crippen molar-refractivity contribution in [3.63, 3.8) is 0 Å². The van der Waals surface area contributed by atoms with Crippen molar-refractivity contribution in [1.29, 1.82) is 0 Å². The summed E-state index contributed by atoms with van der Waals surface area (Å²) in [6, 6.07) is 6.99. The Morgan fingerprint density at radius 3 is 2.62 bits per heavy atom. The molecule has 6 nitrogen and oxygen atoms in total. The highest BCUT2D eigenvalue weighted by Gasteiger charge is 2.33. The van der Waals surface area contributed by atoms with Crippen LogP contribution in [0.4, 0.5) is 9.80 Å². The molecule has 0 saturated carbocycles. The third kappa shape index (κ3) is 3.26. The molecule has 0 aliphatic carbocycles. The van der Waals surface area contributed by atoms with Gasteiger partial charge in [-0.25, -0.2) is 4.79 Å². The fraction of sp³-hybridized carbons (Fsp3) is 0.368. The Morgan fingerprint density at radius 1 is 1.31 bits per heavy atom. The number of thiophene rings is 1. The van der Waals surface area contributed by atoms with Gasteiger partial charge in [-0.2, -0.15) is 0 Å². The number of benzene rings is 1. The normalized spacial score (nSPS) is 16.1. The van der Waals surface area contributed by atoms with Gasteiger partial charge in [-0.1, -0.05) is 6.92 Å². The minimum Gasteiger partial charge on any atom is -0.497 e. The molecule has 1 atom stereocenters. The highest BCUT2D eigenvalue weighted by atomic mass is 32.1. The van der Waals surface area contributed by atoms with Crippen LogP contribution in [0.5, 0.6) is 5.75 Å². The number of anilines is 1. The molecule has 2 aromatic rings. The van der Waals surface area contributed by atoms with E-state index < -0.39 is 0 Å². The smallest absolute Gasteiger partial charge is 0.410 e. The molecular formula is C19H22N2O4S. The predicted molar refractivity (Wildman–Crippen MR) is 101 cm³/mol. The van der Waals surface area contributed by atoms with Gasteiger partial charge in [-0.15, -0.1) is 11.3 Å². The molecule has 2 heterocycles. The molecule has 3 rings (SSSR count). The van der Waals surface area contributed by atoms with Gasteiger partial charge in [0.15, 0.2) is 5.78 Å². The van der Waals surface area contributed by atoms with Gasteiger partial charge < -0.3 is 20.1 Å². The Balaban J connectivity index is 1.93. The number of amides is 1. The maximum atomic E-state index is 13.0. The van der Waals surface area contributed by atoms with E-state index in [-0.39, 0.29) is 17.8 Å². The molecule has 2 N–H and O–H groups in total. The topological polar surface area (TPSA) is 81.9 Å². The number of ether oxygens (including phenoxy) is 2. The number of fused-ring (bicyclic) bond motifs is 1. The number of nitrogen functional groups attached to an aromatic ring is 1. The van der Waals surface area contributed by atoms with E-state index in [1.54, 1.807) is 43.2 Å². The zero-order valence-electron chi connectivity index (χ0n) is 15.1. The Labute approximate surface area is 156 Å². The number of nitrogens with two attached hydrogens (primary N) is 1. The number of hydrogen-bond acceptors (Lipinski definition) is 6. The van der Waals surface area contributed by atoms with Gasteiger partial charge in [-0.3, -0.25) is 4.79 Å². The van der Waals surface area contributed by atoms with Crippen LogP contribution < -0.4 is 10.5 Å². The van der Waals surface area contributed by atoms with Gasteiger partial charge in [0.1, 0.15) is 5.75 Å². The summed E-state index contributed by atoms with van der Waals surface area (Å²) in [6.07, 6.45) is -0.333. The maximum absolute atomic E-state index is 13.0. The Kier molecular flexibility index (Phi) is 5.18. The monoisotopic (exact) mass is 374 g/mol. The lowest BCUT2D eigenvalue weighted by atomic mass is 9.89. The summed E-state index contributed by atoms with van der Waals surface area (Å²) in [7, 11) is 1.58. The number of hydrogen-bond donors (Lipinski definition) is 1. The van der Waals surface area contributed by atoms with Crippen molar-refractivity contribution >= 4 is 28.2 Å². The van der Waals surface area contributed by atoms with E-state index in [0.717, 1.165) is 10.4 Å². The quantitative estimate of drug-likeness (QED) is 0.826. The van der Waals surface area contributed by atoms with E-state index in [4.69, 9.17) is 15.2 Å². The second-order valence-electron chi connectivity index (χ2n) is 6.22. The highest BCUT2D eigenvalue weighted by Crippen LogP contribution is 2.41. The third-order valence-corrected chi connectivity index (χ3v) is 5.50. The largest absolute Gasteiger partial charge is 0.497 e. The van der Waals surface area contributed by atoms with Crippen LogP contribution >= 0.6 is 11.3 Å². The molecule has 1 aromatic carbocycles. The van der Waals surface area contributed by atoms with E-state index in [9.17, 15) is 9.59 Å². The predicted octanol–water partition coefficient (Wildman–Crippen LogP) is 3.65. The van der Waals surface area contributed by atoms with Crippen LogP contribution in [0.15, 0.2) is 24.3 Å². The van der Waals surface area contributed by atoms with E-state index in [2.05, 4.69) is 0 Å². The molecule has 138 valence electrons. The molecular weight excluding hydrogens is 352 g/mol. The van der Waals surface area contributed by atoms with Gasteiger partial charge >= 0.3 is 6.09 Å². The van der Waals surface area contributed by atoms with E-state index >= 15 is 0 Å². The Morgan fingerprint density at radius 2 is 2.00 bits per heavy atom. The van der Waals surface area contributed by atoms with Crippen molar-refractivity contribution in [1.82, 2.24) is 4.90 Å². The van der Waals surface area contributed by atoms with Gasteiger partial charge in [0.05, 0.1) is 30.8 Å². The van der Waals surface area contributed by atoms with Crippen molar-refractivity contribution in [2.24, 2.45) is 0 Å². The van der Waals surface area contributed by atoms with Crippen molar-refractivity contribution in [3.05, 3.63) is 45.8 Å². The fourth-order valence-electron chi connectivity index (χ4n) is 3.28. The van der Waals surface area contributed by atoms with Crippen LogP contribution in [-0.4, -0.2) is 37.0 Å². The van der Waals surface area contributed by atoms with Crippen LogP contribution in [-0.2, 0) is 11.3 Å². The number of ketones is 1. The summed E-state index contributed by atoms with van der Waals surface area (Å²) in [6.45, 7) is 5.05. The van der Waals surface area contributed by atoms with Crippen molar-refractivity contribution in [2.45, 2.75) is 26.3 Å². The van der Waals surface area contributed by atoms with Crippen LogP contribution in [0.3, 0.4) is 0 Å². The average molecular weight is 374 g/mol. The third-order valence-electron chi connectivity index (χ3n) is 4.48. The fourth-order valence-corrected chi connectivity index (χ4v) is 4.49. The van der Waals surface area contributed by atoms with E-state index in [1.807, 2.05) is 6.92 Å². The number of carbonyl (C=O) groups excluding carboxylic acids is 2. The first-order valence-electron chi connectivity index (χ1n) is 8.47. The first kappa shape index (κ1) is 18.3. The molecule has 1 aliphatic rings. The van der Waals surface area contributed by atoms with Crippen LogP contribution in [0, 0.1) is 0 Å². The number of methoxy groups -OCH3 is 1. The lowest BCUT2D eigenvalue weighted by Gasteiger charge is -2.30. The first-order valence-corrected chi connectivity index (χ1v) is 9.29. The van der Waals surface area contributed by atoms with E-state index in [1.165, 1.54) is 11.3 Å². The number of rotatable bonds is 4. The average Bonchev–Trinajstić information content (AvgIpc) is 2.97. The Hall–Kier alpha value is -2.54. The molecule has 26 heavy (non-hydrogen) atoms. The molecule has 0 fully saturated rings. The number of carbonyl (C=O) groups is 2. The number of nitrogens with zero attached hydrogens (tertiary/aromatic N) is 1.